The Hall–Kier alpha value is -0.510. The Kier molecular flexibility index (Phi) is 6.68. The molecule has 0 spiro atoms. The van der Waals surface area contributed by atoms with Crippen LogP contribution in [0.1, 0.15) is 53.4 Å². The maximum atomic E-state index is 7.07. The Morgan fingerprint density at radius 3 is 1.46 bits per heavy atom. The molecule has 0 aromatic rings. The van der Waals surface area contributed by atoms with Crippen LogP contribution in [0.5, 0.6) is 0 Å². The molecule has 0 rings (SSSR count). The van der Waals surface area contributed by atoms with E-state index >= 15 is 0 Å². The molecule has 0 aromatic heterocycles. The topological polar surface area (TPSA) is 4.36 Å². The number of rotatable bonds is 6. The molecule has 0 aliphatic heterocycles. The van der Waals surface area contributed by atoms with Crippen molar-refractivity contribution in [2.24, 2.45) is 11.8 Å². The van der Waals surface area contributed by atoms with Crippen molar-refractivity contribution < 1.29 is 0 Å². The van der Waals surface area contributed by atoms with Gasteiger partial charge in [-0.05, 0) is 24.7 Å². The lowest BCUT2D eigenvalue weighted by Gasteiger charge is -2.08. The number of hydrogen-bond donors (Lipinski definition) is 0. The van der Waals surface area contributed by atoms with Crippen molar-refractivity contribution in [1.82, 2.24) is 0 Å². The molecular weight excluding hydrogens is 158 g/mol. The van der Waals surface area contributed by atoms with Crippen LogP contribution in [0.4, 0.5) is 0 Å². The minimum Gasteiger partial charge on any atom is -0.314 e. The zero-order valence-corrected chi connectivity index (χ0v) is 9.51. The molecule has 1 nitrogen and oxygen atoms in total. The Morgan fingerprint density at radius 2 is 1.23 bits per heavy atom. The number of hydrogen-bond acceptors (Lipinski definition) is 0. The molecule has 0 aliphatic rings. The predicted molar refractivity (Wildman–Crippen MR) is 58.5 cm³/mol. The second kappa shape index (κ2) is 6.95. The van der Waals surface area contributed by atoms with Crippen LogP contribution in [0.3, 0.4) is 0 Å². The lowest BCUT2D eigenvalue weighted by atomic mass is 9.97. The first-order chi connectivity index (χ1) is 6.06. The van der Waals surface area contributed by atoms with Crippen LogP contribution in [0.2, 0.25) is 0 Å². The summed E-state index contributed by atoms with van der Waals surface area (Å²) < 4.78 is 0. The minimum absolute atomic E-state index is 0.282. The van der Waals surface area contributed by atoms with Gasteiger partial charge in [-0.2, -0.15) is 0 Å². The molecule has 0 heterocycles. The van der Waals surface area contributed by atoms with E-state index in [0.717, 1.165) is 24.7 Å². The molecule has 0 aromatic carbocycles. The summed E-state index contributed by atoms with van der Waals surface area (Å²) in [7, 11) is 0. The van der Waals surface area contributed by atoms with Crippen molar-refractivity contribution in [3.8, 4) is 0 Å². The summed E-state index contributed by atoms with van der Waals surface area (Å²) >= 11 is 0. The summed E-state index contributed by atoms with van der Waals surface area (Å²) in [6, 6.07) is 0.282. The van der Waals surface area contributed by atoms with Gasteiger partial charge >= 0.3 is 0 Å². The van der Waals surface area contributed by atoms with Gasteiger partial charge in [0.25, 0.3) is 0 Å². The van der Waals surface area contributed by atoms with E-state index in [1.54, 1.807) is 0 Å². The Morgan fingerprint density at radius 1 is 0.846 bits per heavy atom. The number of nitrogens with zero attached hydrogens (tertiary/aromatic N) is 1. The molecule has 0 saturated heterocycles. The van der Waals surface area contributed by atoms with Gasteiger partial charge in [0, 0.05) is 12.8 Å². The van der Waals surface area contributed by atoms with Gasteiger partial charge in [0.1, 0.15) is 0 Å². The third kappa shape index (κ3) is 7.84. The van der Waals surface area contributed by atoms with Crippen LogP contribution in [0, 0.1) is 18.4 Å². The van der Waals surface area contributed by atoms with Crippen molar-refractivity contribution in [2.45, 2.75) is 59.4 Å². The molecule has 0 N–H and O–H groups in total. The molecular formula is C12H23N. The molecule has 0 amide bonds. The third-order valence-corrected chi connectivity index (χ3v) is 2.34. The normalized spacial score (nSPS) is 11.2. The van der Waals surface area contributed by atoms with E-state index in [-0.39, 0.29) is 6.04 Å². The molecule has 1 heteroatoms. The first kappa shape index (κ1) is 12.5. The summed E-state index contributed by atoms with van der Waals surface area (Å²) in [5.41, 5.74) is 0. The molecule has 0 unspecified atom stereocenters. The summed E-state index contributed by atoms with van der Waals surface area (Å²) in [5, 5.41) is 0. The highest BCUT2D eigenvalue weighted by atomic mass is 14.7. The van der Waals surface area contributed by atoms with E-state index < -0.39 is 0 Å². The smallest absolute Gasteiger partial charge is 0.223 e. The van der Waals surface area contributed by atoms with Gasteiger partial charge in [-0.25, -0.2) is 6.57 Å². The lowest BCUT2D eigenvalue weighted by molar-refractivity contribution is 0.469. The molecule has 0 saturated carbocycles. The zero-order chi connectivity index (χ0) is 10.3. The summed E-state index contributed by atoms with van der Waals surface area (Å²) in [5.74, 6) is 1.48. The Labute approximate surface area is 83.4 Å². The fourth-order valence-corrected chi connectivity index (χ4v) is 1.32. The van der Waals surface area contributed by atoms with Crippen LogP contribution in [0.15, 0.2) is 0 Å². The van der Waals surface area contributed by atoms with Crippen LogP contribution in [-0.2, 0) is 0 Å². The van der Waals surface area contributed by atoms with E-state index in [2.05, 4.69) is 32.5 Å². The molecule has 0 radical (unpaired) electrons. The highest BCUT2D eigenvalue weighted by molar-refractivity contribution is 4.78. The fourth-order valence-electron chi connectivity index (χ4n) is 1.32. The van der Waals surface area contributed by atoms with E-state index in [4.69, 9.17) is 6.57 Å². The van der Waals surface area contributed by atoms with E-state index in [1.807, 2.05) is 0 Å². The van der Waals surface area contributed by atoms with Gasteiger partial charge in [0.2, 0.25) is 6.04 Å². The average molecular weight is 181 g/mol. The third-order valence-electron chi connectivity index (χ3n) is 2.34. The molecule has 76 valence electrons. The van der Waals surface area contributed by atoms with Crippen molar-refractivity contribution in [3.63, 3.8) is 0 Å². The van der Waals surface area contributed by atoms with Crippen molar-refractivity contribution in [3.05, 3.63) is 11.4 Å². The van der Waals surface area contributed by atoms with E-state index in [0.29, 0.717) is 0 Å². The highest BCUT2D eigenvalue weighted by Gasteiger charge is 2.13. The zero-order valence-electron chi connectivity index (χ0n) is 9.51. The fraction of sp³-hybridized carbons (Fsp3) is 0.917. The van der Waals surface area contributed by atoms with Gasteiger partial charge in [0.05, 0.1) is 0 Å². The monoisotopic (exact) mass is 181 g/mol. The van der Waals surface area contributed by atoms with Crippen LogP contribution >= 0.6 is 0 Å². The molecule has 0 atom stereocenters. The molecule has 0 bridgehead atoms. The summed E-state index contributed by atoms with van der Waals surface area (Å²) in [6.45, 7) is 16.0. The SMILES string of the molecule is [C-]#[N+]C(CCC(C)C)CCC(C)C. The standard InChI is InChI=1S/C12H23N/c1-10(2)6-8-12(13-5)9-7-11(3)4/h10-12H,6-9H2,1-4H3. The lowest BCUT2D eigenvalue weighted by Crippen LogP contribution is -2.05. The summed E-state index contributed by atoms with van der Waals surface area (Å²) in [4.78, 5) is 3.68. The largest absolute Gasteiger partial charge is 0.314 e. The Balaban J connectivity index is 3.59. The van der Waals surface area contributed by atoms with Crippen LogP contribution in [0.25, 0.3) is 4.85 Å². The quantitative estimate of drug-likeness (QED) is 0.542. The molecule has 0 fully saturated rings. The van der Waals surface area contributed by atoms with Crippen molar-refractivity contribution >= 4 is 0 Å². The predicted octanol–water partition coefficient (Wildman–Crippen LogP) is 4.15. The van der Waals surface area contributed by atoms with Gasteiger partial charge in [0.15, 0.2) is 0 Å². The maximum Gasteiger partial charge on any atom is 0.223 e. The van der Waals surface area contributed by atoms with E-state index in [1.165, 1.54) is 12.8 Å². The first-order valence-corrected chi connectivity index (χ1v) is 5.42. The molecule has 0 aliphatic carbocycles. The van der Waals surface area contributed by atoms with Gasteiger partial charge < -0.3 is 4.85 Å². The average Bonchev–Trinajstić information content (AvgIpc) is 2.04. The second-order valence-corrected chi connectivity index (χ2v) is 4.73. The van der Waals surface area contributed by atoms with Crippen LogP contribution < -0.4 is 0 Å². The van der Waals surface area contributed by atoms with Crippen LogP contribution in [-0.4, -0.2) is 6.04 Å². The van der Waals surface area contributed by atoms with Crippen molar-refractivity contribution in [2.75, 3.05) is 0 Å². The van der Waals surface area contributed by atoms with Gasteiger partial charge in [-0.3, -0.25) is 0 Å². The van der Waals surface area contributed by atoms with Gasteiger partial charge in [-0.15, -0.1) is 0 Å². The van der Waals surface area contributed by atoms with E-state index in [9.17, 15) is 0 Å². The summed E-state index contributed by atoms with van der Waals surface area (Å²) in [6.07, 6.45) is 4.58. The molecule has 13 heavy (non-hydrogen) atoms. The van der Waals surface area contributed by atoms with Gasteiger partial charge in [-0.1, -0.05) is 27.7 Å². The highest BCUT2D eigenvalue weighted by Crippen LogP contribution is 2.16. The Bertz CT molecular complexity index is 141. The second-order valence-electron chi connectivity index (χ2n) is 4.73. The minimum atomic E-state index is 0.282. The van der Waals surface area contributed by atoms with Crippen molar-refractivity contribution in [1.29, 1.82) is 0 Å². The first-order valence-electron chi connectivity index (χ1n) is 5.42. The maximum absolute atomic E-state index is 7.07.